The van der Waals surface area contributed by atoms with Crippen molar-refractivity contribution in [3.63, 3.8) is 0 Å². The molecule has 0 atom stereocenters. The number of rotatable bonds is 5. The molecule has 0 bridgehead atoms. The van der Waals surface area contributed by atoms with Gasteiger partial charge in [-0.05, 0) is 30.7 Å². The van der Waals surface area contributed by atoms with Crippen molar-refractivity contribution < 1.29 is 9.53 Å². The fraction of sp³-hybridized carbons (Fsp3) is 0.500. The number of anilines is 1. The number of fused-ring (bicyclic) bond motifs is 1. The molecule has 18 heavy (non-hydrogen) atoms. The number of carbonyl (C=O) groups is 1. The number of para-hydroxylation sites is 2. The van der Waals surface area contributed by atoms with Crippen LogP contribution < -0.4 is 9.64 Å². The van der Waals surface area contributed by atoms with Gasteiger partial charge in [-0.2, -0.15) is 12.6 Å². The summed E-state index contributed by atoms with van der Waals surface area (Å²) < 4.78 is 5.60. The molecule has 0 saturated carbocycles. The second kappa shape index (κ2) is 6.69. The average Bonchev–Trinajstić information content (AvgIpc) is 2.54. The van der Waals surface area contributed by atoms with Crippen LogP contribution in [0.3, 0.4) is 0 Å². The fourth-order valence-corrected chi connectivity index (χ4v) is 2.35. The Bertz CT molecular complexity index is 409. The molecular formula is C14H19NO2S. The summed E-state index contributed by atoms with van der Waals surface area (Å²) in [5.74, 6) is 1.89. The Hall–Kier alpha value is -1.16. The van der Waals surface area contributed by atoms with E-state index >= 15 is 0 Å². The predicted octanol–water partition coefficient (Wildman–Crippen LogP) is 2.90. The Labute approximate surface area is 114 Å². The number of amides is 1. The maximum atomic E-state index is 12.1. The predicted molar refractivity (Wildman–Crippen MR) is 76.6 cm³/mol. The molecule has 4 heteroatoms. The van der Waals surface area contributed by atoms with Crippen molar-refractivity contribution in [2.24, 2.45) is 0 Å². The summed E-state index contributed by atoms with van der Waals surface area (Å²) in [5, 5.41) is 0. The first kappa shape index (κ1) is 13.3. The van der Waals surface area contributed by atoms with Crippen LogP contribution in [0.4, 0.5) is 5.69 Å². The van der Waals surface area contributed by atoms with Gasteiger partial charge in [0.1, 0.15) is 5.75 Å². The van der Waals surface area contributed by atoms with E-state index in [1.54, 1.807) is 0 Å². The lowest BCUT2D eigenvalue weighted by molar-refractivity contribution is -0.118. The summed E-state index contributed by atoms with van der Waals surface area (Å²) in [6.45, 7) is 1.25. The second-order valence-electron chi connectivity index (χ2n) is 4.40. The number of nitrogens with zero attached hydrogens (tertiary/aromatic N) is 1. The average molecular weight is 265 g/mol. The van der Waals surface area contributed by atoms with Crippen LogP contribution in [0.2, 0.25) is 0 Å². The Morgan fingerprint density at radius 2 is 2.06 bits per heavy atom. The van der Waals surface area contributed by atoms with E-state index < -0.39 is 0 Å². The topological polar surface area (TPSA) is 29.5 Å². The number of carbonyl (C=O) groups excluding carboxylic acids is 1. The highest BCUT2D eigenvalue weighted by Gasteiger charge is 2.22. The molecule has 0 saturated heterocycles. The summed E-state index contributed by atoms with van der Waals surface area (Å²) in [4.78, 5) is 13.9. The van der Waals surface area contributed by atoms with Crippen molar-refractivity contribution in [2.75, 3.05) is 23.8 Å². The van der Waals surface area contributed by atoms with Crippen molar-refractivity contribution in [1.29, 1.82) is 0 Å². The van der Waals surface area contributed by atoms with E-state index in [-0.39, 0.29) is 5.91 Å². The van der Waals surface area contributed by atoms with Crippen molar-refractivity contribution >= 4 is 24.2 Å². The molecule has 3 nitrogen and oxygen atoms in total. The second-order valence-corrected chi connectivity index (χ2v) is 4.84. The third-order valence-corrected chi connectivity index (χ3v) is 3.39. The molecule has 1 aliphatic rings. The lowest BCUT2D eigenvalue weighted by Gasteiger charge is -2.21. The van der Waals surface area contributed by atoms with Crippen molar-refractivity contribution in [1.82, 2.24) is 0 Å². The SMILES string of the molecule is O=C1CCOc2ccccc2N1CCCCCS. The van der Waals surface area contributed by atoms with Crippen molar-refractivity contribution in [3.8, 4) is 5.75 Å². The van der Waals surface area contributed by atoms with Crippen LogP contribution in [0, 0.1) is 0 Å². The third-order valence-electron chi connectivity index (χ3n) is 3.07. The van der Waals surface area contributed by atoms with Gasteiger partial charge in [-0.25, -0.2) is 0 Å². The minimum absolute atomic E-state index is 0.158. The van der Waals surface area contributed by atoms with Crippen LogP contribution in [-0.2, 0) is 4.79 Å². The van der Waals surface area contributed by atoms with E-state index in [4.69, 9.17) is 4.74 Å². The smallest absolute Gasteiger partial charge is 0.230 e. The maximum Gasteiger partial charge on any atom is 0.230 e. The van der Waals surface area contributed by atoms with Gasteiger partial charge in [0.2, 0.25) is 5.91 Å². The lowest BCUT2D eigenvalue weighted by atomic mass is 10.2. The molecule has 0 spiro atoms. The number of unbranched alkanes of at least 4 members (excludes halogenated alkanes) is 2. The number of hydrogen-bond donors (Lipinski definition) is 1. The Morgan fingerprint density at radius 3 is 2.89 bits per heavy atom. The van der Waals surface area contributed by atoms with Gasteiger partial charge in [-0.1, -0.05) is 18.6 Å². The van der Waals surface area contributed by atoms with Gasteiger partial charge in [0.15, 0.2) is 0 Å². The Kier molecular flexibility index (Phi) is 4.93. The number of ether oxygens (including phenoxy) is 1. The van der Waals surface area contributed by atoms with Gasteiger partial charge >= 0.3 is 0 Å². The Balaban J connectivity index is 2.08. The minimum Gasteiger partial charge on any atom is -0.491 e. The molecule has 0 fully saturated rings. The van der Waals surface area contributed by atoms with Crippen molar-refractivity contribution in [3.05, 3.63) is 24.3 Å². The number of thiol groups is 1. The zero-order chi connectivity index (χ0) is 12.8. The molecule has 0 unspecified atom stereocenters. The van der Waals surface area contributed by atoms with Gasteiger partial charge in [0.25, 0.3) is 0 Å². The maximum absolute atomic E-state index is 12.1. The molecule has 1 amide bonds. The minimum atomic E-state index is 0.158. The van der Waals surface area contributed by atoms with Crippen LogP contribution in [0.25, 0.3) is 0 Å². The van der Waals surface area contributed by atoms with E-state index in [0.717, 1.165) is 43.0 Å². The van der Waals surface area contributed by atoms with Gasteiger partial charge in [0.05, 0.1) is 18.7 Å². The highest BCUT2D eigenvalue weighted by Crippen LogP contribution is 2.31. The van der Waals surface area contributed by atoms with Crippen LogP contribution in [0.15, 0.2) is 24.3 Å². The molecule has 0 radical (unpaired) electrons. The van der Waals surface area contributed by atoms with Gasteiger partial charge < -0.3 is 9.64 Å². The van der Waals surface area contributed by atoms with E-state index in [1.807, 2.05) is 29.2 Å². The van der Waals surface area contributed by atoms with Crippen molar-refractivity contribution in [2.45, 2.75) is 25.7 Å². The first-order chi connectivity index (χ1) is 8.83. The highest BCUT2D eigenvalue weighted by atomic mass is 32.1. The molecule has 0 aliphatic carbocycles. The first-order valence-corrected chi connectivity index (χ1v) is 7.09. The van der Waals surface area contributed by atoms with Crippen LogP contribution >= 0.6 is 12.6 Å². The lowest BCUT2D eigenvalue weighted by Crippen LogP contribution is -2.31. The standard InChI is InChI=1S/C14H19NO2S/c16-14-8-10-17-13-7-3-2-6-12(13)15(14)9-4-1-5-11-18/h2-3,6-7,18H,1,4-5,8-11H2. The molecule has 1 heterocycles. The molecule has 2 rings (SSSR count). The number of benzene rings is 1. The highest BCUT2D eigenvalue weighted by molar-refractivity contribution is 7.80. The summed E-state index contributed by atoms with van der Waals surface area (Å²) >= 11 is 4.20. The quantitative estimate of drug-likeness (QED) is 0.655. The zero-order valence-corrected chi connectivity index (χ0v) is 11.4. The normalized spacial score (nSPS) is 14.9. The molecule has 1 aliphatic heterocycles. The van der Waals surface area contributed by atoms with Crippen LogP contribution in [0.1, 0.15) is 25.7 Å². The number of hydrogen-bond acceptors (Lipinski definition) is 3. The largest absolute Gasteiger partial charge is 0.491 e. The van der Waals surface area contributed by atoms with Gasteiger partial charge in [0, 0.05) is 6.54 Å². The van der Waals surface area contributed by atoms with Crippen LogP contribution in [0.5, 0.6) is 5.75 Å². The summed E-state index contributed by atoms with van der Waals surface area (Å²) in [6, 6.07) is 7.76. The van der Waals surface area contributed by atoms with E-state index in [9.17, 15) is 4.79 Å². The van der Waals surface area contributed by atoms with Gasteiger partial charge in [-0.3, -0.25) is 4.79 Å². The molecule has 0 N–H and O–H groups in total. The molecule has 1 aromatic rings. The molecule has 1 aromatic carbocycles. The molecule has 98 valence electrons. The van der Waals surface area contributed by atoms with E-state index in [2.05, 4.69) is 12.6 Å². The fourth-order valence-electron chi connectivity index (χ4n) is 2.12. The summed E-state index contributed by atoms with van der Waals surface area (Å²) in [5.41, 5.74) is 0.908. The third kappa shape index (κ3) is 3.19. The summed E-state index contributed by atoms with van der Waals surface area (Å²) in [6.07, 6.45) is 3.68. The first-order valence-electron chi connectivity index (χ1n) is 6.46. The monoisotopic (exact) mass is 265 g/mol. The Morgan fingerprint density at radius 1 is 1.22 bits per heavy atom. The van der Waals surface area contributed by atoms with E-state index in [0.29, 0.717) is 13.0 Å². The zero-order valence-electron chi connectivity index (χ0n) is 10.5. The van der Waals surface area contributed by atoms with Gasteiger partial charge in [-0.15, -0.1) is 0 Å². The summed E-state index contributed by atoms with van der Waals surface area (Å²) in [7, 11) is 0. The molecular weight excluding hydrogens is 246 g/mol. The van der Waals surface area contributed by atoms with Crippen LogP contribution in [-0.4, -0.2) is 24.8 Å². The molecule has 0 aromatic heterocycles. The van der Waals surface area contributed by atoms with E-state index in [1.165, 1.54) is 0 Å².